The van der Waals surface area contributed by atoms with Crippen LogP contribution in [-0.2, 0) is 0 Å². The highest BCUT2D eigenvalue weighted by molar-refractivity contribution is 5.99. The predicted octanol–water partition coefficient (Wildman–Crippen LogP) is 3.75. The molecule has 0 bridgehead atoms. The summed E-state index contributed by atoms with van der Waals surface area (Å²) in [6, 6.07) is 16.7. The second-order valence-corrected chi connectivity index (χ2v) is 4.99. The van der Waals surface area contributed by atoms with Crippen LogP contribution in [0.4, 0.5) is 0 Å². The van der Waals surface area contributed by atoms with E-state index in [0.29, 0.717) is 17.9 Å². The Balaban J connectivity index is 2.10. The third-order valence-electron chi connectivity index (χ3n) is 3.28. The van der Waals surface area contributed by atoms with Crippen molar-refractivity contribution in [2.45, 2.75) is 25.8 Å². The number of para-hydroxylation sites is 1. The van der Waals surface area contributed by atoms with E-state index in [-0.39, 0.29) is 18.2 Å². The van der Waals surface area contributed by atoms with Crippen LogP contribution in [0.2, 0.25) is 0 Å². The molecule has 2 rings (SSSR count). The average molecular weight is 283 g/mol. The van der Waals surface area contributed by atoms with Gasteiger partial charge in [-0.15, -0.1) is 0 Å². The molecule has 3 heteroatoms. The third kappa shape index (κ3) is 4.17. The lowest BCUT2D eigenvalue weighted by atomic mass is 9.98. The van der Waals surface area contributed by atoms with Gasteiger partial charge in [-0.25, -0.2) is 0 Å². The molecule has 2 aromatic carbocycles. The van der Waals surface area contributed by atoms with Gasteiger partial charge in [-0.2, -0.15) is 0 Å². The molecule has 110 valence electrons. The average Bonchev–Trinajstić information content (AvgIpc) is 2.54. The van der Waals surface area contributed by atoms with Gasteiger partial charge in [0.25, 0.3) is 0 Å². The van der Waals surface area contributed by atoms with Crippen molar-refractivity contribution in [3.63, 3.8) is 0 Å². The topological polar surface area (TPSA) is 52.3 Å². The molecule has 0 radical (unpaired) electrons. The van der Waals surface area contributed by atoms with Gasteiger partial charge in [-0.1, -0.05) is 49.4 Å². The standard InChI is InChI=1S/C18H21NO2/c1-2-12-21-18-11-7-6-10-15(18)17(20)13-16(19)14-8-4-3-5-9-14/h3-11,16H,2,12-13,19H2,1H3. The fraction of sp³-hybridized carbons (Fsp3) is 0.278. The number of hydrogen-bond acceptors (Lipinski definition) is 3. The molecule has 21 heavy (non-hydrogen) atoms. The van der Waals surface area contributed by atoms with Crippen molar-refractivity contribution in [1.29, 1.82) is 0 Å². The molecule has 3 nitrogen and oxygen atoms in total. The van der Waals surface area contributed by atoms with Gasteiger partial charge < -0.3 is 10.5 Å². The Hall–Kier alpha value is -2.13. The zero-order chi connectivity index (χ0) is 15.1. The van der Waals surface area contributed by atoms with E-state index < -0.39 is 0 Å². The van der Waals surface area contributed by atoms with E-state index in [1.165, 1.54) is 0 Å². The van der Waals surface area contributed by atoms with Gasteiger partial charge in [-0.05, 0) is 24.1 Å². The first-order valence-corrected chi connectivity index (χ1v) is 7.28. The van der Waals surface area contributed by atoms with Crippen LogP contribution in [-0.4, -0.2) is 12.4 Å². The molecule has 0 aliphatic rings. The lowest BCUT2D eigenvalue weighted by Crippen LogP contribution is -2.16. The maximum Gasteiger partial charge on any atom is 0.168 e. The summed E-state index contributed by atoms with van der Waals surface area (Å²) in [5.74, 6) is 0.655. The summed E-state index contributed by atoms with van der Waals surface area (Å²) in [7, 11) is 0. The Labute approximate surface area is 125 Å². The summed E-state index contributed by atoms with van der Waals surface area (Å²) in [5, 5.41) is 0. The first kappa shape index (κ1) is 15.3. The van der Waals surface area contributed by atoms with Gasteiger partial charge in [-0.3, -0.25) is 4.79 Å². The van der Waals surface area contributed by atoms with E-state index in [2.05, 4.69) is 0 Å². The first-order valence-electron chi connectivity index (χ1n) is 7.28. The van der Waals surface area contributed by atoms with E-state index in [4.69, 9.17) is 10.5 Å². The highest BCUT2D eigenvalue weighted by atomic mass is 16.5. The zero-order valence-electron chi connectivity index (χ0n) is 12.3. The molecule has 0 heterocycles. The van der Waals surface area contributed by atoms with E-state index in [1.807, 2.05) is 55.5 Å². The SMILES string of the molecule is CCCOc1ccccc1C(=O)CC(N)c1ccccc1. The lowest BCUT2D eigenvalue weighted by molar-refractivity contribution is 0.0970. The fourth-order valence-corrected chi connectivity index (χ4v) is 2.16. The Bertz CT molecular complexity index is 581. The van der Waals surface area contributed by atoms with Gasteiger partial charge in [0.15, 0.2) is 5.78 Å². The van der Waals surface area contributed by atoms with Gasteiger partial charge in [0, 0.05) is 12.5 Å². The highest BCUT2D eigenvalue weighted by Crippen LogP contribution is 2.23. The first-order chi connectivity index (χ1) is 10.2. The van der Waals surface area contributed by atoms with Crippen LogP contribution in [0.15, 0.2) is 54.6 Å². The zero-order valence-corrected chi connectivity index (χ0v) is 12.3. The van der Waals surface area contributed by atoms with Crippen LogP contribution in [0.5, 0.6) is 5.75 Å². The number of carbonyl (C=O) groups excluding carboxylic acids is 1. The number of benzene rings is 2. The summed E-state index contributed by atoms with van der Waals surface area (Å²) in [6.45, 7) is 2.64. The van der Waals surface area contributed by atoms with Crippen LogP contribution in [0, 0.1) is 0 Å². The molecular formula is C18H21NO2. The molecule has 0 aromatic heterocycles. The van der Waals surface area contributed by atoms with Gasteiger partial charge >= 0.3 is 0 Å². The molecule has 1 unspecified atom stereocenters. The number of rotatable bonds is 7. The monoisotopic (exact) mass is 283 g/mol. The molecule has 2 aromatic rings. The normalized spacial score (nSPS) is 11.9. The van der Waals surface area contributed by atoms with Crippen LogP contribution >= 0.6 is 0 Å². The molecule has 0 fully saturated rings. The molecule has 0 amide bonds. The number of Topliss-reactive ketones (excluding diaryl/α,β-unsaturated/α-hetero) is 1. The largest absolute Gasteiger partial charge is 0.493 e. The summed E-state index contributed by atoms with van der Waals surface area (Å²) < 4.78 is 5.63. The van der Waals surface area contributed by atoms with Crippen molar-refractivity contribution < 1.29 is 9.53 Å². The highest BCUT2D eigenvalue weighted by Gasteiger charge is 2.16. The van der Waals surface area contributed by atoms with Crippen molar-refractivity contribution in [3.05, 3.63) is 65.7 Å². The molecule has 1 atom stereocenters. The number of carbonyl (C=O) groups is 1. The van der Waals surface area contributed by atoms with E-state index in [1.54, 1.807) is 6.07 Å². The fourth-order valence-electron chi connectivity index (χ4n) is 2.16. The Morgan fingerprint density at radius 2 is 1.76 bits per heavy atom. The van der Waals surface area contributed by atoms with Gasteiger partial charge in [0.05, 0.1) is 12.2 Å². The third-order valence-corrected chi connectivity index (χ3v) is 3.28. The maximum absolute atomic E-state index is 12.5. The number of ether oxygens (including phenoxy) is 1. The van der Waals surface area contributed by atoms with Crippen molar-refractivity contribution in [1.82, 2.24) is 0 Å². The molecule has 0 saturated heterocycles. The Kier molecular flexibility index (Phi) is 5.52. The second kappa shape index (κ2) is 7.60. The summed E-state index contributed by atoms with van der Waals surface area (Å²) in [6.07, 6.45) is 1.18. The minimum Gasteiger partial charge on any atom is -0.493 e. The minimum absolute atomic E-state index is 0.0121. The van der Waals surface area contributed by atoms with Crippen molar-refractivity contribution in [2.24, 2.45) is 5.73 Å². The van der Waals surface area contributed by atoms with Crippen LogP contribution in [0.25, 0.3) is 0 Å². The molecule has 2 N–H and O–H groups in total. The Morgan fingerprint density at radius 1 is 1.10 bits per heavy atom. The van der Waals surface area contributed by atoms with Crippen molar-refractivity contribution in [2.75, 3.05) is 6.61 Å². The molecule has 0 aliphatic heterocycles. The molecule has 0 spiro atoms. The van der Waals surface area contributed by atoms with Gasteiger partial charge in [0.1, 0.15) is 5.75 Å². The minimum atomic E-state index is -0.294. The molecule has 0 saturated carbocycles. The second-order valence-electron chi connectivity index (χ2n) is 4.99. The van der Waals surface area contributed by atoms with Crippen molar-refractivity contribution in [3.8, 4) is 5.75 Å². The van der Waals surface area contributed by atoms with E-state index >= 15 is 0 Å². The van der Waals surface area contributed by atoms with E-state index in [9.17, 15) is 4.79 Å². The van der Waals surface area contributed by atoms with Gasteiger partial charge in [0.2, 0.25) is 0 Å². The van der Waals surface area contributed by atoms with Crippen LogP contribution in [0.1, 0.15) is 41.7 Å². The lowest BCUT2D eigenvalue weighted by Gasteiger charge is -2.13. The van der Waals surface area contributed by atoms with Crippen molar-refractivity contribution >= 4 is 5.78 Å². The number of nitrogens with two attached hydrogens (primary N) is 1. The number of hydrogen-bond donors (Lipinski definition) is 1. The van der Waals surface area contributed by atoms with E-state index in [0.717, 1.165) is 12.0 Å². The number of ketones is 1. The van der Waals surface area contributed by atoms with Crippen LogP contribution < -0.4 is 10.5 Å². The quantitative estimate of drug-likeness (QED) is 0.787. The summed E-state index contributed by atoms with van der Waals surface area (Å²) in [5.41, 5.74) is 7.70. The van der Waals surface area contributed by atoms with Crippen LogP contribution in [0.3, 0.4) is 0 Å². The maximum atomic E-state index is 12.5. The smallest absolute Gasteiger partial charge is 0.168 e. The summed E-state index contributed by atoms with van der Waals surface area (Å²) >= 11 is 0. The predicted molar refractivity (Wildman–Crippen MR) is 84.5 cm³/mol. The molecule has 0 aliphatic carbocycles. The Morgan fingerprint density at radius 3 is 2.48 bits per heavy atom. The molecular weight excluding hydrogens is 262 g/mol. The summed E-state index contributed by atoms with van der Waals surface area (Å²) in [4.78, 5) is 12.5.